The molecular formula is C7H13O2S-. The molecule has 0 saturated carbocycles. The molecule has 0 N–H and O–H groups in total. The first kappa shape index (κ1) is 9.82. The van der Waals surface area contributed by atoms with Crippen molar-refractivity contribution in [1.82, 2.24) is 0 Å². The van der Waals surface area contributed by atoms with Crippen LogP contribution in [0.25, 0.3) is 0 Å². The maximum atomic E-state index is 9.92. The lowest BCUT2D eigenvalue weighted by molar-refractivity contribution is -0.305. The minimum Gasteiger partial charge on any atom is -0.550 e. The molecule has 0 fully saturated rings. The lowest BCUT2D eigenvalue weighted by atomic mass is 10.2. The van der Waals surface area contributed by atoms with Gasteiger partial charge in [-0.15, -0.1) is 0 Å². The summed E-state index contributed by atoms with van der Waals surface area (Å²) in [5, 5.41) is 9.92. The minimum atomic E-state index is -0.927. The highest BCUT2D eigenvalue weighted by Crippen LogP contribution is 2.03. The van der Waals surface area contributed by atoms with Gasteiger partial charge in [-0.3, -0.25) is 0 Å². The second-order valence-corrected chi connectivity index (χ2v) is 3.16. The van der Waals surface area contributed by atoms with Crippen molar-refractivity contribution in [1.29, 1.82) is 0 Å². The summed E-state index contributed by atoms with van der Waals surface area (Å²) in [5.41, 5.74) is 0. The lowest BCUT2D eigenvalue weighted by Crippen LogP contribution is -2.21. The average Bonchev–Trinajstić information content (AvgIpc) is 1.87. The van der Waals surface area contributed by atoms with Crippen LogP contribution in [-0.4, -0.2) is 18.0 Å². The highest BCUT2D eigenvalue weighted by Gasteiger charge is 1.88. The highest BCUT2D eigenvalue weighted by atomic mass is 32.2. The number of carbonyl (C=O) groups excluding carboxylic acids is 1. The predicted molar refractivity (Wildman–Crippen MR) is 41.9 cm³/mol. The fourth-order valence-electron chi connectivity index (χ4n) is 0.693. The van der Waals surface area contributed by atoms with Gasteiger partial charge in [0.25, 0.3) is 0 Å². The Bertz CT molecular complexity index is 93.6. The summed E-state index contributed by atoms with van der Waals surface area (Å²) < 4.78 is 0. The number of thioether (sulfide) groups is 1. The van der Waals surface area contributed by atoms with Crippen molar-refractivity contribution in [3.8, 4) is 0 Å². The van der Waals surface area contributed by atoms with Gasteiger partial charge >= 0.3 is 0 Å². The van der Waals surface area contributed by atoms with E-state index in [9.17, 15) is 9.90 Å². The fraction of sp³-hybridized carbons (Fsp3) is 0.857. The number of rotatable bonds is 6. The van der Waals surface area contributed by atoms with Crippen LogP contribution in [0.4, 0.5) is 0 Å². The van der Waals surface area contributed by atoms with Gasteiger partial charge in [-0.25, -0.2) is 0 Å². The first-order valence-electron chi connectivity index (χ1n) is 3.46. The minimum absolute atomic E-state index is 0.217. The van der Waals surface area contributed by atoms with Gasteiger partial charge in [0.15, 0.2) is 0 Å². The Morgan fingerprint density at radius 3 is 2.60 bits per heavy atom. The molecule has 0 aromatic rings. The van der Waals surface area contributed by atoms with Gasteiger partial charge in [-0.1, -0.05) is 6.42 Å². The van der Waals surface area contributed by atoms with E-state index in [0.29, 0.717) is 0 Å². The van der Waals surface area contributed by atoms with E-state index < -0.39 is 5.97 Å². The molecule has 2 nitrogen and oxygen atoms in total. The SMILES string of the molecule is CSCCCCCC(=O)[O-]. The van der Waals surface area contributed by atoms with E-state index in [1.54, 1.807) is 11.8 Å². The number of hydrogen-bond donors (Lipinski definition) is 0. The van der Waals surface area contributed by atoms with Crippen LogP contribution >= 0.6 is 11.8 Å². The summed E-state index contributed by atoms with van der Waals surface area (Å²) in [7, 11) is 0. The molecule has 0 saturated heterocycles. The molecular weight excluding hydrogens is 148 g/mol. The van der Waals surface area contributed by atoms with Gasteiger partial charge in [0.2, 0.25) is 0 Å². The molecule has 0 rings (SSSR count). The summed E-state index contributed by atoms with van der Waals surface area (Å²) in [6.45, 7) is 0. The van der Waals surface area contributed by atoms with Gasteiger partial charge in [-0.2, -0.15) is 11.8 Å². The average molecular weight is 161 g/mol. The number of carbonyl (C=O) groups is 1. The quantitative estimate of drug-likeness (QED) is 0.537. The molecule has 0 atom stereocenters. The van der Waals surface area contributed by atoms with E-state index in [0.717, 1.165) is 25.0 Å². The third-order valence-electron chi connectivity index (χ3n) is 1.23. The summed E-state index contributed by atoms with van der Waals surface area (Å²) in [6, 6.07) is 0. The Morgan fingerprint density at radius 2 is 2.10 bits per heavy atom. The topological polar surface area (TPSA) is 40.1 Å². The van der Waals surface area contributed by atoms with Crippen molar-refractivity contribution in [3.63, 3.8) is 0 Å². The summed E-state index contributed by atoms with van der Waals surface area (Å²) in [4.78, 5) is 9.92. The molecule has 0 aliphatic rings. The van der Waals surface area contributed by atoms with Crippen molar-refractivity contribution in [2.75, 3.05) is 12.0 Å². The van der Waals surface area contributed by atoms with Crippen LogP contribution in [0.3, 0.4) is 0 Å². The molecule has 60 valence electrons. The Kier molecular flexibility index (Phi) is 6.81. The molecule has 10 heavy (non-hydrogen) atoms. The number of aliphatic carboxylic acids is 1. The van der Waals surface area contributed by atoms with E-state index in [-0.39, 0.29) is 6.42 Å². The van der Waals surface area contributed by atoms with Crippen LogP contribution in [0.1, 0.15) is 25.7 Å². The van der Waals surface area contributed by atoms with Crippen LogP contribution in [0, 0.1) is 0 Å². The first-order chi connectivity index (χ1) is 4.77. The number of unbranched alkanes of at least 4 members (excludes halogenated alkanes) is 2. The van der Waals surface area contributed by atoms with Gasteiger partial charge in [0, 0.05) is 5.97 Å². The van der Waals surface area contributed by atoms with Crippen molar-refractivity contribution in [2.45, 2.75) is 25.7 Å². The monoisotopic (exact) mass is 161 g/mol. The van der Waals surface area contributed by atoms with Crippen LogP contribution in [0.5, 0.6) is 0 Å². The Balaban J connectivity index is 2.84. The molecule has 0 aliphatic carbocycles. The van der Waals surface area contributed by atoms with Crippen LogP contribution in [-0.2, 0) is 4.79 Å². The van der Waals surface area contributed by atoms with Crippen LogP contribution < -0.4 is 5.11 Å². The lowest BCUT2D eigenvalue weighted by Gasteiger charge is -2.00. The maximum Gasteiger partial charge on any atom is 0.0414 e. The summed E-state index contributed by atoms with van der Waals surface area (Å²) in [6.07, 6.45) is 5.17. The third-order valence-corrected chi connectivity index (χ3v) is 1.93. The second kappa shape index (κ2) is 6.93. The predicted octanol–water partition coefficient (Wildman–Crippen LogP) is 0.660. The Morgan fingerprint density at radius 1 is 1.40 bits per heavy atom. The highest BCUT2D eigenvalue weighted by molar-refractivity contribution is 7.98. The first-order valence-corrected chi connectivity index (χ1v) is 4.85. The second-order valence-electron chi connectivity index (χ2n) is 2.18. The van der Waals surface area contributed by atoms with Gasteiger partial charge in [0.05, 0.1) is 0 Å². The van der Waals surface area contributed by atoms with Crippen molar-refractivity contribution < 1.29 is 9.90 Å². The molecule has 0 aliphatic heterocycles. The zero-order valence-corrected chi connectivity index (χ0v) is 7.08. The Labute approximate surface area is 66.0 Å². The smallest absolute Gasteiger partial charge is 0.0414 e. The van der Waals surface area contributed by atoms with Crippen molar-refractivity contribution in [3.05, 3.63) is 0 Å². The fourth-order valence-corrected chi connectivity index (χ4v) is 1.19. The maximum absolute atomic E-state index is 9.92. The van der Waals surface area contributed by atoms with Crippen LogP contribution in [0.2, 0.25) is 0 Å². The standard InChI is InChI=1S/C7H14O2S/c1-10-6-4-2-3-5-7(8)9/h2-6H2,1H3,(H,8,9)/p-1. The van der Waals surface area contributed by atoms with E-state index in [2.05, 4.69) is 6.26 Å². The molecule has 0 radical (unpaired) electrons. The zero-order valence-electron chi connectivity index (χ0n) is 6.26. The van der Waals surface area contributed by atoms with Gasteiger partial charge in [-0.05, 0) is 31.3 Å². The van der Waals surface area contributed by atoms with E-state index in [1.807, 2.05) is 0 Å². The number of carboxylic acid groups (broad SMARTS) is 1. The summed E-state index contributed by atoms with van der Waals surface area (Å²) in [5.74, 6) is 0.205. The van der Waals surface area contributed by atoms with Crippen molar-refractivity contribution >= 4 is 17.7 Å². The molecule has 0 spiro atoms. The zero-order chi connectivity index (χ0) is 7.82. The molecule has 0 unspecified atom stereocenters. The van der Waals surface area contributed by atoms with Gasteiger partial charge in [0.1, 0.15) is 0 Å². The molecule has 0 amide bonds. The van der Waals surface area contributed by atoms with Crippen LogP contribution in [0.15, 0.2) is 0 Å². The normalized spacial score (nSPS) is 9.70. The van der Waals surface area contributed by atoms with E-state index in [4.69, 9.17) is 0 Å². The summed E-state index contributed by atoms with van der Waals surface area (Å²) >= 11 is 1.80. The molecule has 3 heteroatoms. The number of carboxylic acids is 1. The molecule has 0 heterocycles. The van der Waals surface area contributed by atoms with E-state index >= 15 is 0 Å². The molecule has 0 aromatic carbocycles. The van der Waals surface area contributed by atoms with E-state index in [1.165, 1.54) is 0 Å². The Hall–Kier alpha value is -0.180. The van der Waals surface area contributed by atoms with Crippen molar-refractivity contribution in [2.24, 2.45) is 0 Å². The molecule has 0 bridgehead atoms. The third kappa shape index (κ3) is 7.82. The number of hydrogen-bond acceptors (Lipinski definition) is 3. The molecule has 0 aromatic heterocycles. The largest absolute Gasteiger partial charge is 0.550 e. The van der Waals surface area contributed by atoms with Gasteiger partial charge < -0.3 is 9.90 Å².